The van der Waals surface area contributed by atoms with Crippen molar-refractivity contribution in [3.8, 4) is 5.75 Å². The summed E-state index contributed by atoms with van der Waals surface area (Å²) in [4.78, 5) is 36.9. The topological polar surface area (TPSA) is 121 Å². The molecular formula is C25H27N3O5. The van der Waals surface area contributed by atoms with Gasteiger partial charge in [0, 0.05) is 6.20 Å². The molecule has 1 atom stereocenters. The van der Waals surface area contributed by atoms with Crippen molar-refractivity contribution in [2.24, 2.45) is 0 Å². The van der Waals surface area contributed by atoms with E-state index in [2.05, 4.69) is 10.6 Å². The highest BCUT2D eigenvalue weighted by Crippen LogP contribution is 2.21. The van der Waals surface area contributed by atoms with Gasteiger partial charge in [-0.25, -0.2) is 4.79 Å². The molecule has 0 aliphatic rings. The number of rotatable bonds is 7. The summed E-state index contributed by atoms with van der Waals surface area (Å²) in [5.41, 5.74) is 3.80. The average Bonchev–Trinajstić information content (AvgIpc) is 2.72. The third-order valence-electron chi connectivity index (χ3n) is 5.18. The van der Waals surface area contributed by atoms with Gasteiger partial charge in [-0.3, -0.25) is 9.59 Å². The summed E-state index contributed by atoms with van der Waals surface area (Å²) in [5, 5.41) is 24.4. The van der Waals surface area contributed by atoms with Gasteiger partial charge in [-0.05, 0) is 38.0 Å². The number of urea groups is 1. The zero-order valence-electron chi connectivity index (χ0n) is 18.8. The van der Waals surface area contributed by atoms with Gasteiger partial charge in [-0.15, -0.1) is 0 Å². The Balaban J connectivity index is 1.81. The summed E-state index contributed by atoms with van der Waals surface area (Å²) >= 11 is 0. The zero-order chi connectivity index (χ0) is 24.1. The minimum atomic E-state index is -1.08. The summed E-state index contributed by atoms with van der Waals surface area (Å²) in [6, 6.07) is 12.8. The largest absolute Gasteiger partial charge is 0.505 e. The van der Waals surface area contributed by atoms with Crippen LogP contribution in [0.15, 0.2) is 59.5 Å². The second-order valence-corrected chi connectivity index (χ2v) is 8.16. The van der Waals surface area contributed by atoms with Crippen LogP contribution >= 0.6 is 0 Å². The van der Waals surface area contributed by atoms with Gasteiger partial charge in [0.1, 0.15) is 5.75 Å². The summed E-state index contributed by atoms with van der Waals surface area (Å²) in [5.74, 6) is -1.46. The van der Waals surface area contributed by atoms with Crippen molar-refractivity contribution >= 4 is 17.7 Å². The fourth-order valence-electron chi connectivity index (χ4n) is 3.70. The third-order valence-corrected chi connectivity index (χ3v) is 5.18. The second-order valence-electron chi connectivity index (χ2n) is 8.16. The number of aromatic nitrogens is 1. The van der Waals surface area contributed by atoms with E-state index in [4.69, 9.17) is 0 Å². The molecule has 0 aliphatic heterocycles. The van der Waals surface area contributed by atoms with E-state index in [-0.39, 0.29) is 24.4 Å². The van der Waals surface area contributed by atoms with Crippen LogP contribution in [0.25, 0.3) is 0 Å². The fraction of sp³-hybridized carbons (Fsp3) is 0.240. The molecule has 3 rings (SSSR count). The van der Waals surface area contributed by atoms with Gasteiger partial charge in [0.15, 0.2) is 5.69 Å². The Hall–Kier alpha value is -4.07. The Morgan fingerprint density at radius 2 is 1.61 bits per heavy atom. The maximum Gasteiger partial charge on any atom is 0.319 e. The van der Waals surface area contributed by atoms with E-state index < -0.39 is 23.6 Å². The van der Waals surface area contributed by atoms with Crippen molar-refractivity contribution in [2.45, 2.75) is 39.8 Å². The molecule has 3 aromatic rings. The van der Waals surface area contributed by atoms with Crippen molar-refractivity contribution in [3.05, 3.63) is 92.9 Å². The van der Waals surface area contributed by atoms with Gasteiger partial charge in [-0.2, -0.15) is 0 Å². The van der Waals surface area contributed by atoms with Crippen molar-refractivity contribution in [3.63, 3.8) is 0 Å². The molecule has 0 radical (unpaired) electrons. The Kier molecular flexibility index (Phi) is 7.17. The zero-order valence-corrected chi connectivity index (χ0v) is 18.8. The highest BCUT2D eigenvalue weighted by molar-refractivity contribution is 5.91. The quantitative estimate of drug-likeness (QED) is 0.436. The maximum absolute atomic E-state index is 12.9. The van der Waals surface area contributed by atoms with Crippen molar-refractivity contribution in [1.29, 1.82) is 0 Å². The highest BCUT2D eigenvalue weighted by Gasteiger charge is 2.20. The SMILES string of the molecule is Cc1ccc([C@H](CC(=O)O)NC(=O)Nc2c(O)ccn(Cc3cc(C)cc(C)c3)c2=O)cc1. The molecular weight excluding hydrogens is 422 g/mol. The van der Waals surface area contributed by atoms with Gasteiger partial charge >= 0.3 is 12.0 Å². The maximum atomic E-state index is 12.9. The predicted molar refractivity (Wildman–Crippen MR) is 126 cm³/mol. The number of nitrogens with one attached hydrogen (secondary N) is 2. The number of carboxylic acids is 1. The summed E-state index contributed by atoms with van der Waals surface area (Å²) < 4.78 is 1.39. The van der Waals surface area contributed by atoms with Crippen LogP contribution in [-0.2, 0) is 11.3 Å². The van der Waals surface area contributed by atoms with Gasteiger partial charge < -0.3 is 25.4 Å². The van der Waals surface area contributed by atoms with E-state index in [1.54, 1.807) is 12.1 Å². The summed E-state index contributed by atoms with van der Waals surface area (Å²) in [6.45, 7) is 6.10. The summed E-state index contributed by atoms with van der Waals surface area (Å²) in [6.07, 6.45) is 1.12. The number of benzene rings is 2. The third kappa shape index (κ3) is 6.22. The number of hydrogen-bond acceptors (Lipinski definition) is 4. The molecule has 0 saturated carbocycles. The minimum Gasteiger partial charge on any atom is -0.505 e. The smallest absolute Gasteiger partial charge is 0.319 e. The first-order valence-corrected chi connectivity index (χ1v) is 10.5. The van der Waals surface area contributed by atoms with E-state index in [1.807, 2.05) is 51.1 Å². The number of anilines is 1. The number of aromatic hydroxyl groups is 1. The standard InChI is InChI=1S/C25H27N3O5/c1-15-4-6-19(7-5-15)20(13-22(30)31)26-25(33)27-23-21(29)8-9-28(24(23)32)14-18-11-16(2)10-17(3)12-18/h4-12,20,29H,13-14H2,1-3H3,(H,30,31)(H2,26,27,33)/t20-/m0/s1. The molecule has 0 bridgehead atoms. The monoisotopic (exact) mass is 449 g/mol. The molecule has 172 valence electrons. The molecule has 0 spiro atoms. The molecule has 8 nitrogen and oxygen atoms in total. The normalized spacial score (nSPS) is 11.6. The molecule has 1 heterocycles. The lowest BCUT2D eigenvalue weighted by atomic mass is 10.0. The molecule has 2 amide bonds. The lowest BCUT2D eigenvalue weighted by molar-refractivity contribution is -0.137. The first-order valence-electron chi connectivity index (χ1n) is 10.5. The first kappa shape index (κ1) is 23.6. The molecule has 2 aromatic carbocycles. The number of carboxylic acid groups (broad SMARTS) is 1. The summed E-state index contributed by atoms with van der Waals surface area (Å²) in [7, 11) is 0. The minimum absolute atomic E-state index is 0.267. The number of aryl methyl sites for hydroxylation is 3. The number of hydrogen-bond donors (Lipinski definition) is 4. The number of aliphatic carboxylic acids is 1. The Bertz CT molecular complexity index is 1210. The Morgan fingerprint density at radius 1 is 0.970 bits per heavy atom. The molecule has 0 saturated heterocycles. The molecule has 8 heteroatoms. The average molecular weight is 450 g/mol. The first-order chi connectivity index (χ1) is 15.6. The molecule has 1 aromatic heterocycles. The molecule has 0 unspecified atom stereocenters. The molecule has 4 N–H and O–H groups in total. The number of nitrogens with zero attached hydrogens (tertiary/aromatic N) is 1. The van der Waals surface area contributed by atoms with E-state index in [0.29, 0.717) is 5.56 Å². The van der Waals surface area contributed by atoms with E-state index in [0.717, 1.165) is 22.3 Å². The lowest BCUT2D eigenvalue weighted by Gasteiger charge is -2.18. The number of carbonyl (C=O) groups is 2. The van der Waals surface area contributed by atoms with Crippen LogP contribution in [0.5, 0.6) is 5.75 Å². The lowest BCUT2D eigenvalue weighted by Crippen LogP contribution is -2.36. The van der Waals surface area contributed by atoms with Gasteiger partial charge in [0.05, 0.1) is 19.0 Å². The van der Waals surface area contributed by atoms with Crippen LogP contribution in [0.4, 0.5) is 10.5 Å². The van der Waals surface area contributed by atoms with Crippen LogP contribution in [0.3, 0.4) is 0 Å². The van der Waals surface area contributed by atoms with Gasteiger partial charge in [0.25, 0.3) is 5.56 Å². The Labute approximate surface area is 191 Å². The molecule has 0 aliphatic carbocycles. The van der Waals surface area contributed by atoms with Gasteiger partial charge in [0.2, 0.25) is 0 Å². The Morgan fingerprint density at radius 3 is 2.21 bits per heavy atom. The van der Waals surface area contributed by atoms with Crippen molar-refractivity contribution < 1.29 is 19.8 Å². The van der Waals surface area contributed by atoms with Crippen LogP contribution in [0.2, 0.25) is 0 Å². The van der Waals surface area contributed by atoms with Crippen LogP contribution in [0, 0.1) is 20.8 Å². The fourth-order valence-corrected chi connectivity index (χ4v) is 3.70. The van der Waals surface area contributed by atoms with Crippen molar-refractivity contribution in [1.82, 2.24) is 9.88 Å². The molecule has 0 fully saturated rings. The van der Waals surface area contributed by atoms with Crippen LogP contribution < -0.4 is 16.2 Å². The number of amides is 2. The van der Waals surface area contributed by atoms with Crippen LogP contribution in [0.1, 0.15) is 40.3 Å². The molecule has 33 heavy (non-hydrogen) atoms. The second kappa shape index (κ2) is 10.0. The van der Waals surface area contributed by atoms with E-state index >= 15 is 0 Å². The van der Waals surface area contributed by atoms with Crippen molar-refractivity contribution in [2.75, 3.05) is 5.32 Å². The van der Waals surface area contributed by atoms with Crippen LogP contribution in [-0.4, -0.2) is 26.8 Å². The highest BCUT2D eigenvalue weighted by atomic mass is 16.4. The predicted octanol–water partition coefficient (Wildman–Crippen LogP) is 3.86. The number of carbonyl (C=O) groups excluding carboxylic acids is 1. The van der Waals surface area contributed by atoms with Gasteiger partial charge in [-0.1, -0.05) is 59.2 Å². The van der Waals surface area contributed by atoms with E-state index in [1.165, 1.54) is 16.8 Å². The number of pyridine rings is 1. The van der Waals surface area contributed by atoms with E-state index in [9.17, 15) is 24.6 Å².